The van der Waals surface area contributed by atoms with Crippen LogP contribution in [0.25, 0.3) is 11.1 Å². The topological polar surface area (TPSA) is 50.1 Å². The second-order valence-electron chi connectivity index (χ2n) is 5.99. The summed E-state index contributed by atoms with van der Waals surface area (Å²) in [5, 5.41) is 7.04. The summed E-state index contributed by atoms with van der Waals surface area (Å²) in [6.07, 6.45) is 2.72. The number of fused-ring (bicyclic) bond motifs is 1. The number of benzene rings is 1. The summed E-state index contributed by atoms with van der Waals surface area (Å²) in [6.45, 7) is 7.71. The number of hydrogen-bond donors (Lipinski definition) is 2. The van der Waals surface area contributed by atoms with Gasteiger partial charge in [0.25, 0.3) is 0 Å². The Labute approximate surface area is 113 Å². The number of rotatable bonds is 4. The predicted octanol–water partition coefficient (Wildman–Crippen LogP) is 2.06. The Kier molecular flexibility index (Phi) is 3.29. The molecule has 1 unspecified atom stereocenters. The SMILES string of the molecule is CC(C)(CNC1CCNC1)c1ccc2ncoc2c1. The van der Waals surface area contributed by atoms with Gasteiger partial charge in [0.1, 0.15) is 5.52 Å². The molecule has 4 nitrogen and oxygen atoms in total. The molecule has 2 N–H and O–H groups in total. The maximum Gasteiger partial charge on any atom is 0.181 e. The zero-order chi connectivity index (χ0) is 13.3. The number of nitrogens with zero attached hydrogens (tertiary/aromatic N) is 1. The molecule has 1 saturated heterocycles. The molecule has 2 heterocycles. The van der Waals surface area contributed by atoms with E-state index >= 15 is 0 Å². The van der Waals surface area contributed by atoms with Crippen molar-refractivity contribution >= 4 is 11.1 Å². The van der Waals surface area contributed by atoms with E-state index in [4.69, 9.17) is 4.42 Å². The number of hydrogen-bond acceptors (Lipinski definition) is 4. The highest BCUT2D eigenvalue weighted by molar-refractivity contribution is 5.73. The van der Waals surface area contributed by atoms with Crippen LogP contribution < -0.4 is 10.6 Å². The van der Waals surface area contributed by atoms with Crippen molar-refractivity contribution < 1.29 is 4.42 Å². The first-order chi connectivity index (χ1) is 9.15. The standard InChI is InChI=1S/C15H21N3O/c1-15(2,9-17-12-5-6-16-8-12)11-3-4-13-14(7-11)19-10-18-13/h3-4,7,10,12,16-17H,5-6,8-9H2,1-2H3. The molecule has 4 heteroatoms. The van der Waals surface area contributed by atoms with Gasteiger partial charge in [-0.2, -0.15) is 0 Å². The minimum absolute atomic E-state index is 0.0869. The minimum Gasteiger partial charge on any atom is -0.443 e. The number of nitrogens with one attached hydrogen (secondary N) is 2. The highest BCUT2D eigenvalue weighted by Gasteiger charge is 2.23. The minimum atomic E-state index is 0.0869. The number of oxazole rings is 1. The molecule has 2 aromatic rings. The van der Waals surface area contributed by atoms with Crippen molar-refractivity contribution in [1.82, 2.24) is 15.6 Å². The Morgan fingerprint density at radius 1 is 1.47 bits per heavy atom. The molecule has 1 aliphatic rings. The van der Waals surface area contributed by atoms with Gasteiger partial charge in [0.2, 0.25) is 0 Å². The van der Waals surface area contributed by atoms with Crippen LogP contribution in [0.15, 0.2) is 29.0 Å². The van der Waals surface area contributed by atoms with Crippen LogP contribution in [-0.2, 0) is 5.41 Å². The van der Waals surface area contributed by atoms with Crippen LogP contribution in [0, 0.1) is 0 Å². The van der Waals surface area contributed by atoms with E-state index in [1.54, 1.807) is 0 Å². The normalized spacial score (nSPS) is 20.2. The fourth-order valence-electron chi connectivity index (χ4n) is 2.61. The lowest BCUT2D eigenvalue weighted by molar-refractivity contribution is 0.428. The van der Waals surface area contributed by atoms with Gasteiger partial charge in [-0.3, -0.25) is 0 Å². The highest BCUT2D eigenvalue weighted by atomic mass is 16.3. The van der Waals surface area contributed by atoms with Crippen molar-refractivity contribution in [3.05, 3.63) is 30.2 Å². The Morgan fingerprint density at radius 3 is 3.16 bits per heavy atom. The fraction of sp³-hybridized carbons (Fsp3) is 0.533. The average molecular weight is 259 g/mol. The molecule has 0 saturated carbocycles. The van der Waals surface area contributed by atoms with Crippen molar-refractivity contribution in [3.63, 3.8) is 0 Å². The van der Waals surface area contributed by atoms with Gasteiger partial charge in [0, 0.05) is 24.5 Å². The second kappa shape index (κ2) is 4.94. The van der Waals surface area contributed by atoms with Gasteiger partial charge in [0.05, 0.1) is 0 Å². The summed E-state index contributed by atoms with van der Waals surface area (Å²) in [7, 11) is 0. The lowest BCUT2D eigenvalue weighted by atomic mass is 9.84. The van der Waals surface area contributed by atoms with E-state index in [9.17, 15) is 0 Å². The van der Waals surface area contributed by atoms with Crippen molar-refractivity contribution in [2.45, 2.75) is 31.7 Å². The van der Waals surface area contributed by atoms with Crippen molar-refractivity contribution in [2.24, 2.45) is 0 Å². The van der Waals surface area contributed by atoms with E-state index in [-0.39, 0.29) is 5.41 Å². The molecule has 0 bridgehead atoms. The van der Waals surface area contributed by atoms with Gasteiger partial charge in [-0.25, -0.2) is 4.98 Å². The molecule has 1 atom stereocenters. The molecule has 0 spiro atoms. The van der Waals surface area contributed by atoms with Gasteiger partial charge < -0.3 is 15.1 Å². The van der Waals surface area contributed by atoms with Crippen LogP contribution in [0.2, 0.25) is 0 Å². The van der Waals surface area contributed by atoms with E-state index in [1.807, 2.05) is 6.07 Å². The van der Waals surface area contributed by atoms with Crippen LogP contribution in [0.1, 0.15) is 25.8 Å². The molecule has 1 aliphatic heterocycles. The molecule has 1 fully saturated rings. The van der Waals surface area contributed by atoms with Crippen molar-refractivity contribution in [3.8, 4) is 0 Å². The van der Waals surface area contributed by atoms with Crippen molar-refractivity contribution in [2.75, 3.05) is 19.6 Å². The molecule has 3 rings (SSSR count). The quantitative estimate of drug-likeness (QED) is 0.882. The third-order valence-electron chi connectivity index (χ3n) is 4.01. The summed E-state index contributed by atoms with van der Waals surface area (Å²) in [6, 6.07) is 6.90. The molecular weight excluding hydrogens is 238 g/mol. The van der Waals surface area contributed by atoms with Gasteiger partial charge in [-0.15, -0.1) is 0 Å². The van der Waals surface area contributed by atoms with Crippen molar-refractivity contribution in [1.29, 1.82) is 0 Å². The summed E-state index contributed by atoms with van der Waals surface area (Å²) < 4.78 is 5.39. The van der Waals surface area contributed by atoms with Gasteiger partial charge >= 0.3 is 0 Å². The van der Waals surface area contributed by atoms with Crippen LogP contribution in [0.4, 0.5) is 0 Å². The Balaban J connectivity index is 1.73. The summed E-state index contributed by atoms with van der Waals surface area (Å²) in [4.78, 5) is 4.16. The van der Waals surface area contributed by atoms with Gasteiger partial charge in [-0.1, -0.05) is 19.9 Å². The maximum atomic E-state index is 5.39. The van der Waals surface area contributed by atoms with Gasteiger partial charge in [0.15, 0.2) is 12.0 Å². The first-order valence-electron chi connectivity index (χ1n) is 6.93. The summed E-state index contributed by atoms with van der Waals surface area (Å²) in [5.41, 5.74) is 3.17. The van der Waals surface area contributed by atoms with Gasteiger partial charge in [-0.05, 0) is 30.7 Å². The summed E-state index contributed by atoms with van der Waals surface area (Å²) in [5.74, 6) is 0. The molecule has 1 aromatic heterocycles. The predicted molar refractivity (Wildman–Crippen MR) is 76.3 cm³/mol. The van der Waals surface area contributed by atoms with E-state index in [0.717, 1.165) is 30.7 Å². The molecule has 1 aromatic carbocycles. The van der Waals surface area contributed by atoms with E-state index in [2.05, 4.69) is 41.6 Å². The fourth-order valence-corrected chi connectivity index (χ4v) is 2.61. The Hall–Kier alpha value is -1.39. The van der Waals surface area contributed by atoms with E-state index in [1.165, 1.54) is 18.4 Å². The summed E-state index contributed by atoms with van der Waals surface area (Å²) >= 11 is 0. The first kappa shape index (κ1) is 12.6. The Morgan fingerprint density at radius 2 is 2.37 bits per heavy atom. The molecule has 19 heavy (non-hydrogen) atoms. The third kappa shape index (κ3) is 2.65. The first-order valence-corrected chi connectivity index (χ1v) is 6.93. The highest BCUT2D eigenvalue weighted by Crippen LogP contribution is 2.26. The van der Waals surface area contributed by atoms with E-state index in [0.29, 0.717) is 6.04 Å². The van der Waals surface area contributed by atoms with Crippen LogP contribution >= 0.6 is 0 Å². The zero-order valence-corrected chi connectivity index (χ0v) is 11.6. The monoisotopic (exact) mass is 259 g/mol. The van der Waals surface area contributed by atoms with Crippen LogP contribution in [0.3, 0.4) is 0 Å². The average Bonchev–Trinajstić information content (AvgIpc) is 3.06. The molecule has 0 amide bonds. The second-order valence-corrected chi connectivity index (χ2v) is 5.99. The molecule has 0 radical (unpaired) electrons. The lowest BCUT2D eigenvalue weighted by Crippen LogP contribution is -2.40. The Bertz CT molecular complexity index is 555. The number of aromatic nitrogens is 1. The van der Waals surface area contributed by atoms with Crippen LogP contribution in [-0.4, -0.2) is 30.7 Å². The lowest BCUT2D eigenvalue weighted by Gasteiger charge is -2.27. The van der Waals surface area contributed by atoms with E-state index < -0.39 is 0 Å². The third-order valence-corrected chi connectivity index (χ3v) is 4.01. The zero-order valence-electron chi connectivity index (χ0n) is 11.6. The van der Waals surface area contributed by atoms with Crippen LogP contribution in [0.5, 0.6) is 0 Å². The largest absolute Gasteiger partial charge is 0.443 e. The maximum absolute atomic E-state index is 5.39. The molecule has 102 valence electrons. The molecular formula is C15H21N3O. The molecule has 0 aliphatic carbocycles. The smallest absolute Gasteiger partial charge is 0.181 e.